The van der Waals surface area contributed by atoms with Crippen molar-refractivity contribution >= 4 is 38.6 Å². The van der Waals surface area contributed by atoms with Crippen molar-refractivity contribution in [3.63, 3.8) is 0 Å². The van der Waals surface area contributed by atoms with E-state index in [0.717, 1.165) is 16.2 Å². The van der Waals surface area contributed by atoms with E-state index in [1.807, 2.05) is 5.38 Å². The highest BCUT2D eigenvalue weighted by atomic mass is 32.2. The number of nitrogens with two attached hydrogens (primary N) is 1. The summed E-state index contributed by atoms with van der Waals surface area (Å²) < 4.78 is 22.4. The van der Waals surface area contributed by atoms with Crippen LogP contribution in [0, 0.1) is 0 Å². The Kier molecular flexibility index (Phi) is 4.35. The normalized spacial score (nSPS) is 11.4. The van der Waals surface area contributed by atoms with Gasteiger partial charge < -0.3 is 5.32 Å². The fraction of sp³-hybridized carbons (Fsp3) is 0.182. The van der Waals surface area contributed by atoms with Crippen molar-refractivity contribution in [3.05, 3.63) is 39.4 Å². The first kappa shape index (κ1) is 14.2. The zero-order valence-corrected chi connectivity index (χ0v) is 12.3. The van der Waals surface area contributed by atoms with Crippen LogP contribution >= 0.6 is 22.7 Å². The van der Waals surface area contributed by atoms with E-state index in [1.54, 1.807) is 17.5 Å². The van der Waals surface area contributed by atoms with Crippen LogP contribution in [0.1, 0.15) is 15.2 Å². The summed E-state index contributed by atoms with van der Waals surface area (Å²) >= 11 is 2.59. The number of hydrogen-bond donors (Lipinski definition) is 2. The molecule has 0 aliphatic rings. The third-order valence-corrected chi connectivity index (χ3v) is 5.62. The summed E-state index contributed by atoms with van der Waals surface area (Å²) in [6.45, 7) is 0.458. The lowest BCUT2D eigenvalue weighted by molar-refractivity contribution is 0.0954. The highest BCUT2D eigenvalue weighted by Crippen LogP contribution is 2.20. The number of nitrogens with one attached hydrogen (secondary N) is 1. The van der Waals surface area contributed by atoms with E-state index < -0.39 is 10.0 Å². The second-order valence-electron chi connectivity index (χ2n) is 3.78. The largest absolute Gasteiger partial charge is 0.352 e. The Morgan fingerprint density at radius 3 is 2.68 bits per heavy atom. The first-order valence-corrected chi connectivity index (χ1v) is 8.69. The third kappa shape index (κ3) is 3.87. The van der Waals surface area contributed by atoms with E-state index in [1.165, 1.54) is 17.4 Å². The monoisotopic (exact) mass is 316 g/mol. The number of hydrogen-bond acceptors (Lipinski definition) is 5. The molecule has 0 bridgehead atoms. The quantitative estimate of drug-likeness (QED) is 0.874. The van der Waals surface area contributed by atoms with Crippen LogP contribution in [-0.4, -0.2) is 20.9 Å². The first-order chi connectivity index (χ1) is 8.97. The van der Waals surface area contributed by atoms with Gasteiger partial charge in [-0.2, -0.15) is 11.3 Å². The molecule has 0 aromatic carbocycles. The van der Waals surface area contributed by atoms with Crippen molar-refractivity contribution in [2.45, 2.75) is 10.6 Å². The van der Waals surface area contributed by atoms with Crippen molar-refractivity contribution in [2.75, 3.05) is 6.54 Å². The number of sulfonamides is 1. The van der Waals surface area contributed by atoms with Gasteiger partial charge in [0.05, 0.1) is 0 Å². The molecule has 0 unspecified atom stereocenters. The molecule has 19 heavy (non-hydrogen) atoms. The zero-order chi connectivity index (χ0) is 13.9. The van der Waals surface area contributed by atoms with Crippen molar-refractivity contribution in [1.29, 1.82) is 0 Å². The van der Waals surface area contributed by atoms with Gasteiger partial charge in [-0.25, -0.2) is 13.6 Å². The van der Waals surface area contributed by atoms with E-state index >= 15 is 0 Å². The Morgan fingerprint density at radius 2 is 2.11 bits per heavy atom. The Morgan fingerprint density at radius 1 is 1.32 bits per heavy atom. The number of rotatable bonds is 5. The first-order valence-electron chi connectivity index (χ1n) is 5.39. The standard InChI is InChI=1S/C11H12N2O3S3/c12-19(15,16)10-2-1-9(18-10)3-5-13-11(14)8-4-6-17-7-8/h1-2,4,6-7H,3,5H2,(H,13,14)(H2,12,15,16). The van der Waals surface area contributed by atoms with Gasteiger partial charge in [0.25, 0.3) is 5.91 Å². The third-order valence-electron chi connectivity index (χ3n) is 2.36. The van der Waals surface area contributed by atoms with Gasteiger partial charge in [-0.3, -0.25) is 4.79 Å². The minimum absolute atomic E-state index is 0.121. The van der Waals surface area contributed by atoms with Crippen molar-refractivity contribution in [3.8, 4) is 0 Å². The summed E-state index contributed by atoms with van der Waals surface area (Å²) in [5, 5.41) is 11.4. The average Bonchev–Trinajstić information content (AvgIpc) is 2.99. The van der Waals surface area contributed by atoms with Gasteiger partial charge in [0.15, 0.2) is 0 Å². The predicted molar refractivity (Wildman–Crippen MR) is 76.0 cm³/mol. The van der Waals surface area contributed by atoms with Crippen molar-refractivity contribution in [1.82, 2.24) is 5.32 Å². The lowest BCUT2D eigenvalue weighted by Gasteiger charge is -2.01. The fourth-order valence-electron chi connectivity index (χ4n) is 1.44. The van der Waals surface area contributed by atoms with E-state index in [4.69, 9.17) is 5.14 Å². The molecule has 102 valence electrons. The molecule has 3 N–H and O–H groups in total. The molecule has 8 heteroatoms. The van der Waals surface area contributed by atoms with E-state index in [-0.39, 0.29) is 10.1 Å². The maximum atomic E-state index is 11.6. The number of carbonyl (C=O) groups excluding carboxylic acids is 1. The van der Waals surface area contributed by atoms with Gasteiger partial charge in [-0.15, -0.1) is 11.3 Å². The highest BCUT2D eigenvalue weighted by Gasteiger charge is 2.11. The molecule has 0 aliphatic carbocycles. The van der Waals surface area contributed by atoms with Crippen LogP contribution in [0.3, 0.4) is 0 Å². The molecule has 0 radical (unpaired) electrons. The molecule has 2 aromatic heterocycles. The smallest absolute Gasteiger partial charge is 0.252 e. The Labute approximate surface area is 119 Å². The molecular formula is C11H12N2O3S3. The van der Waals surface area contributed by atoms with Gasteiger partial charge in [-0.1, -0.05) is 0 Å². The van der Waals surface area contributed by atoms with Crippen LogP contribution in [-0.2, 0) is 16.4 Å². The topological polar surface area (TPSA) is 89.3 Å². The molecule has 0 fully saturated rings. The van der Waals surface area contributed by atoms with Crippen LogP contribution in [0.4, 0.5) is 0 Å². The Hall–Kier alpha value is -1.22. The fourth-order valence-corrected chi connectivity index (χ4v) is 3.85. The van der Waals surface area contributed by atoms with Crippen molar-refractivity contribution < 1.29 is 13.2 Å². The Balaban J connectivity index is 1.86. The number of carbonyl (C=O) groups is 1. The van der Waals surface area contributed by atoms with Gasteiger partial charge in [0.2, 0.25) is 10.0 Å². The van der Waals surface area contributed by atoms with Crippen molar-refractivity contribution in [2.24, 2.45) is 5.14 Å². The summed E-state index contributed by atoms with van der Waals surface area (Å²) in [4.78, 5) is 12.5. The van der Waals surface area contributed by atoms with Crippen LogP contribution in [0.2, 0.25) is 0 Å². The number of thiophene rings is 2. The summed E-state index contributed by atoms with van der Waals surface area (Å²) in [6, 6.07) is 4.95. The maximum Gasteiger partial charge on any atom is 0.252 e. The molecule has 2 heterocycles. The predicted octanol–water partition coefficient (Wildman–Crippen LogP) is 1.43. The van der Waals surface area contributed by atoms with Gasteiger partial charge in [0.1, 0.15) is 4.21 Å². The molecule has 2 rings (SSSR count). The molecule has 0 aliphatic heterocycles. The zero-order valence-electron chi connectivity index (χ0n) is 9.83. The molecule has 0 saturated heterocycles. The van der Waals surface area contributed by atoms with E-state index in [0.29, 0.717) is 18.5 Å². The molecule has 0 saturated carbocycles. The minimum atomic E-state index is -3.63. The van der Waals surface area contributed by atoms with Crippen LogP contribution in [0.25, 0.3) is 0 Å². The summed E-state index contributed by atoms with van der Waals surface area (Å²) in [5.74, 6) is -0.121. The summed E-state index contributed by atoms with van der Waals surface area (Å²) in [5.41, 5.74) is 0.640. The second kappa shape index (κ2) is 5.83. The number of primary sulfonamides is 1. The molecule has 1 amide bonds. The summed E-state index contributed by atoms with van der Waals surface area (Å²) in [6.07, 6.45) is 0.579. The summed E-state index contributed by atoms with van der Waals surface area (Å²) in [7, 11) is -3.63. The molecule has 2 aromatic rings. The lowest BCUT2D eigenvalue weighted by Crippen LogP contribution is -2.24. The van der Waals surface area contributed by atoms with E-state index in [2.05, 4.69) is 5.32 Å². The SMILES string of the molecule is NS(=O)(=O)c1ccc(CCNC(=O)c2ccsc2)s1. The van der Waals surface area contributed by atoms with Gasteiger partial charge in [0, 0.05) is 22.4 Å². The minimum Gasteiger partial charge on any atom is -0.352 e. The average molecular weight is 316 g/mol. The lowest BCUT2D eigenvalue weighted by atomic mass is 10.3. The van der Waals surface area contributed by atoms with Crippen LogP contribution < -0.4 is 10.5 Å². The Bertz CT molecular complexity index is 659. The highest BCUT2D eigenvalue weighted by molar-refractivity contribution is 7.91. The molecule has 0 atom stereocenters. The van der Waals surface area contributed by atoms with Gasteiger partial charge >= 0.3 is 0 Å². The molecular weight excluding hydrogens is 304 g/mol. The van der Waals surface area contributed by atoms with Crippen LogP contribution in [0.5, 0.6) is 0 Å². The maximum absolute atomic E-state index is 11.6. The second-order valence-corrected chi connectivity index (χ2v) is 7.52. The number of amides is 1. The molecule has 5 nitrogen and oxygen atoms in total. The van der Waals surface area contributed by atoms with E-state index in [9.17, 15) is 13.2 Å². The molecule has 0 spiro atoms. The van der Waals surface area contributed by atoms with Gasteiger partial charge in [-0.05, 0) is 30.0 Å². The van der Waals surface area contributed by atoms with Crippen LogP contribution in [0.15, 0.2) is 33.2 Å².